The second kappa shape index (κ2) is 8.38. The van der Waals surface area contributed by atoms with Crippen molar-refractivity contribution in [2.75, 3.05) is 19.6 Å². The maximum atomic E-state index is 6.12. The van der Waals surface area contributed by atoms with Crippen molar-refractivity contribution < 1.29 is 0 Å². The summed E-state index contributed by atoms with van der Waals surface area (Å²) < 4.78 is 1.16. The summed E-state index contributed by atoms with van der Waals surface area (Å²) in [4.78, 5) is 2.56. The van der Waals surface area contributed by atoms with E-state index in [0.29, 0.717) is 6.04 Å². The summed E-state index contributed by atoms with van der Waals surface area (Å²) in [7, 11) is 0. The Balaban J connectivity index is 1.99. The lowest BCUT2D eigenvalue weighted by Crippen LogP contribution is -2.37. The van der Waals surface area contributed by atoms with Gasteiger partial charge < -0.3 is 5.32 Å². The van der Waals surface area contributed by atoms with Gasteiger partial charge in [0.05, 0.1) is 0 Å². The fraction of sp³-hybridized carbons (Fsp3) is 0.625. The van der Waals surface area contributed by atoms with E-state index in [4.69, 9.17) is 11.6 Å². The van der Waals surface area contributed by atoms with E-state index in [1.165, 1.54) is 37.8 Å². The molecule has 1 aromatic rings. The number of rotatable bonds is 7. The Labute approximate surface area is 136 Å². The molecular weight excluding hydrogens is 336 g/mol. The van der Waals surface area contributed by atoms with Gasteiger partial charge in [-0.3, -0.25) is 4.90 Å². The minimum absolute atomic E-state index is 0.657. The molecule has 0 amide bonds. The molecule has 1 saturated heterocycles. The van der Waals surface area contributed by atoms with Gasteiger partial charge >= 0.3 is 0 Å². The van der Waals surface area contributed by atoms with E-state index >= 15 is 0 Å². The van der Waals surface area contributed by atoms with Gasteiger partial charge in [-0.15, -0.1) is 0 Å². The average molecular weight is 360 g/mol. The molecule has 0 aliphatic carbocycles. The third-order valence-corrected chi connectivity index (χ3v) is 4.88. The number of nitrogens with zero attached hydrogens (tertiary/aromatic N) is 1. The Bertz CT molecular complexity index is 419. The third-order valence-electron chi connectivity index (χ3n) is 3.87. The number of hydrogen-bond donors (Lipinski definition) is 1. The lowest BCUT2D eigenvalue weighted by Gasteiger charge is -2.26. The van der Waals surface area contributed by atoms with Gasteiger partial charge in [0.1, 0.15) is 0 Å². The Kier molecular flexibility index (Phi) is 6.82. The normalized spacial score (nSPS) is 18.9. The minimum Gasteiger partial charge on any atom is -0.313 e. The van der Waals surface area contributed by atoms with Crippen LogP contribution in [-0.4, -0.2) is 30.6 Å². The van der Waals surface area contributed by atoms with Crippen LogP contribution in [0.4, 0.5) is 0 Å². The molecule has 1 heterocycles. The van der Waals surface area contributed by atoms with Crippen molar-refractivity contribution in [3.05, 3.63) is 33.3 Å². The summed E-state index contributed by atoms with van der Waals surface area (Å²) in [6.07, 6.45) is 5.11. The molecule has 0 saturated carbocycles. The largest absolute Gasteiger partial charge is 0.313 e. The van der Waals surface area contributed by atoms with Crippen LogP contribution in [0.1, 0.15) is 38.2 Å². The standard InChI is InChI=1S/C16H24BrClN2/c1-2-3-9-20(12-15-5-4-8-19-15)11-13-10-14(18)6-7-16(13)17/h6-7,10,15,19H,2-5,8-9,11-12H2,1H3. The molecule has 2 nitrogen and oxygen atoms in total. The quantitative estimate of drug-likeness (QED) is 0.773. The third kappa shape index (κ3) is 5.03. The molecule has 1 N–H and O–H groups in total. The highest BCUT2D eigenvalue weighted by atomic mass is 79.9. The topological polar surface area (TPSA) is 15.3 Å². The molecule has 0 radical (unpaired) electrons. The van der Waals surface area contributed by atoms with Crippen molar-refractivity contribution in [3.8, 4) is 0 Å². The van der Waals surface area contributed by atoms with Crippen LogP contribution in [-0.2, 0) is 6.54 Å². The molecule has 2 rings (SSSR count). The number of hydrogen-bond acceptors (Lipinski definition) is 2. The Morgan fingerprint density at radius 3 is 3.00 bits per heavy atom. The van der Waals surface area contributed by atoms with Crippen LogP contribution in [0.5, 0.6) is 0 Å². The zero-order valence-electron chi connectivity index (χ0n) is 12.2. The molecule has 1 aromatic carbocycles. The van der Waals surface area contributed by atoms with E-state index in [1.54, 1.807) is 0 Å². The average Bonchev–Trinajstić information content (AvgIpc) is 2.93. The first kappa shape index (κ1) is 16.3. The van der Waals surface area contributed by atoms with Gasteiger partial charge in [-0.25, -0.2) is 0 Å². The smallest absolute Gasteiger partial charge is 0.0410 e. The molecule has 0 bridgehead atoms. The van der Waals surface area contributed by atoms with E-state index in [0.717, 1.165) is 29.1 Å². The number of benzene rings is 1. The molecule has 112 valence electrons. The fourth-order valence-electron chi connectivity index (χ4n) is 2.75. The summed E-state index contributed by atoms with van der Waals surface area (Å²) in [5.41, 5.74) is 1.28. The summed E-state index contributed by atoms with van der Waals surface area (Å²) in [5, 5.41) is 4.41. The van der Waals surface area contributed by atoms with E-state index in [1.807, 2.05) is 12.1 Å². The number of nitrogens with one attached hydrogen (secondary N) is 1. The van der Waals surface area contributed by atoms with Gasteiger partial charge in [0.15, 0.2) is 0 Å². The molecule has 1 fully saturated rings. The van der Waals surface area contributed by atoms with Crippen molar-refractivity contribution >= 4 is 27.5 Å². The van der Waals surface area contributed by atoms with Crippen LogP contribution < -0.4 is 5.32 Å². The fourth-order valence-corrected chi connectivity index (χ4v) is 3.31. The molecule has 1 atom stereocenters. The van der Waals surface area contributed by atoms with Gasteiger partial charge in [0.2, 0.25) is 0 Å². The van der Waals surface area contributed by atoms with E-state index < -0.39 is 0 Å². The highest BCUT2D eigenvalue weighted by Crippen LogP contribution is 2.23. The number of unbranched alkanes of at least 4 members (excludes halogenated alkanes) is 1. The van der Waals surface area contributed by atoms with Gasteiger partial charge in [-0.2, -0.15) is 0 Å². The lowest BCUT2D eigenvalue weighted by molar-refractivity contribution is 0.237. The zero-order valence-corrected chi connectivity index (χ0v) is 14.5. The molecular formula is C16H24BrClN2. The van der Waals surface area contributed by atoms with Crippen LogP contribution in [0.3, 0.4) is 0 Å². The maximum absolute atomic E-state index is 6.12. The van der Waals surface area contributed by atoms with E-state index in [-0.39, 0.29) is 0 Å². The maximum Gasteiger partial charge on any atom is 0.0410 e. The summed E-state index contributed by atoms with van der Waals surface area (Å²) in [6, 6.07) is 6.71. The van der Waals surface area contributed by atoms with Crippen LogP contribution >= 0.6 is 27.5 Å². The Morgan fingerprint density at radius 1 is 1.45 bits per heavy atom. The van der Waals surface area contributed by atoms with Gasteiger partial charge in [-0.05, 0) is 56.1 Å². The van der Waals surface area contributed by atoms with Crippen molar-refractivity contribution in [2.24, 2.45) is 0 Å². The van der Waals surface area contributed by atoms with Gasteiger partial charge in [-0.1, -0.05) is 40.9 Å². The first-order valence-electron chi connectivity index (χ1n) is 7.58. The molecule has 1 aliphatic rings. The second-order valence-corrected chi connectivity index (χ2v) is 6.91. The first-order chi connectivity index (χ1) is 9.69. The van der Waals surface area contributed by atoms with E-state index in [9.17, 15) is 0 Å². The van der Waals surface area contributed by atoms with Crippen LogP contribution in [0, 0.1) is 0 Å². The highest BCUT2D eigenvalue weighted by molar-refractivity contribution is 9.10. The predicted molar refractivity (Wildman–Crippen MR) is 90.4 cm³/mol. The summed E-state index contributed by atoms with van der Waals surface area (Å²) in [5.74, 6) is 0. The summed E-state index contributed by atoms with van der Waals surface area (Å²) >= 11 is 9.76. The van der Waals surface area contributed by atoms with Gasteiger partial charge in [0.25, 0.3) is 0 Å². The van der Waals surface area contributed by atoms with E-state index in [2.05, 4.69) is 39.1 Å². The Hall–Kier alpha value is -0.0900. The highest BCUT2D eigenvalue weighted by Gasteiger charge is 2.18. The molecule has 4 heteroatoms. The van der Waals surface area contributed by atoms with Gasteiger partial charge in [0, 0.05) is 28.6 Å². The molecule has 20 heavy (non-hydrogen) atoms. The second-order valence-electron chi connectivity index (χ2n) is 5.62. The SMILES string of the molecule is CCCCN(Cc1cc(Cl)ccc1Br)CC1CCCN1. The van der Waals surface area contributed by atoms with Crippen molar-refractivity contribution in [3.63, 3.8) is 0 Å². The Morgan fingerprint density at radius 2 is 2.30 bits per heavy atom. The predicted octanol–water partition coefficient (Wildman–Crippen LogP) is 4.46. The summed E-state index contributed by atoms with van der Waals surface area (Å²) in [6.45, 7) is 6.69. The molecule has 0 aromatic heterocycles. The van der Waals surface area contributed by atoms with Crippen LogP contribution in [0.2, 0.25) is 5.02 Å². The first-order valence-corrected chi connectivity index (χ1v) is 8.76. The number of halogens is 2. The monoisotopic (exact) mass is 358 g/mol. The molecule has 1 unspecified atom stereocenters. The molecule has 1 aliphatic heterocycles. The zero-order chi connectivity index (χ0) is 14.4. The van der Waals surface area contributed by atoms with Crippen molar-refractivity contribution in [2.45, 2.75) is 45.2 Å². The minimum atomic E-state index is 0.657. The van der Waals surface area contributed by atoms with Crippen molar-refractivity contribution in [1.29, 1.82) is 0 Å². The molecule has 0 spiro atoms. The van der Waals surface area contributed by atoms with Crippen LogP contribution in [0.15, 0.2) is 22.7 Å². The van der Waals surface area contributed by atoms with Crippen molar-refractivity contribution in [1.82, 2.24) is 10.2 Å². The lowest BCUT2D eigenvalue weighted by atomic mass is 10.1. The van der Waals surface area contributed by atoms with Crippen LogP contribution in [0.25, 0.3) is 0 Å².